The Hall–Kier alpha value is -2.60. The number of benzene rings is 3. The third kappa shape index (κ3) is 4.33. The van der Waals surface area contributed by atoms with Gasteiger partial charge in [-0.3, -0.25) is 0 Å². The molecule has 0 N–H and O–H groups in total. The lowest BCUT2D eigenvalue weighted by Crippen LogP contribution is -2.32. The average molecular weight is 497 g/mol. The lowest BCUT2D eigenvalue weighted by atomic mass is 9.78. The van der Waals surface area contributed by atoms with E-state index in [1.165, 1.54) is 4.41 Å². The molecule has 2 aliphatic rings. The molecule has 0 radical (unpaired) electrons. The summed E-state index contributed by atoms with van der Waals surface area (Å²) in [6, 6.07) is 23.1. The van der Waals surface area contributed by atoms with Crippen LogP contribution in [0.1, 0.15) is 36.4 Å². The standard InChI is InChI=1S/C26H22Cl2N2O2S/c27-21-13-9-18(10-14-21)17-20-5-4-8-24-25(20)29-30(26(24)19-11-15-22(28)16-12-19)33(31,32)23-6-2-1-3-7-23/h1-3,6-7,9-17,24,26H,4-5,8H2/b20-17-. The van der Waals surface area contributed by atoms with Crippen LogP contribution in [0.25, 0.3) is 6.08 Å². The highest BCUT2D eigenvalue weighted by Gasteiger charge is 2.46. The Labute approximate surface area is 204 Å². The molecule has 33 heavy (non-hydrogen) atoms. The molecule has 168 valence electrons. The second-order valence-corrected chi connectivity index (χ2v) is 11.0. The first-order valence-corrected chi connectivity index (χ1v) is 13.0. The Bertz CT molecular complexity index is 1320. The third-order valence-electron chi connectivity index (χ3n) is 6.18. The van der Waals surface area contributed by atoms with Crippen LogP contribution in [-0.4, -0.2) is 18.5 Å². The fourth-order valence-electron chi connectivity index (χ4n) is 4.61. The van der Waals surface area contributed by atoms with E-state index < -0.39 is 16.1 Å². The van der Waals surface area contributed by atoms with Crippen molar-refractivity contribution in [2.75, 3.05) is 0 Å². The lowest BCUT2D eigenvalue weighted by molar-refractivity contribution is 0.311. The van der Waals surface area contributed by atoms with Crippen LogP contribution in [0.4, 0.5) is 0 Å². The van der Waals surface area contributed by atoms with Crippen molar-refractivity contribution >= 4 is 45.0 Å². The summed E-state index contributed by atoms with van der Waals surface area (Å²) >= 11 is 12.2. The zero-order valence-electron chi connectivity index (χ0n) is 17.7. The smallest absolute Gasteiger partial charge is 0.200 e. The van der Waals surface area contributed by atoms with Gasteiger partial charge in [0.05, 0.1) is 16.6 Å². The summed E-state index contributed by atoms with van der Waals surface area (Å²) in [5.74, 6) is -0.0306. The van der Waals surface area contributed by atoms with Crippen LogP contribution >= 0.6 is 23.2 Å². The van der Waals surface area contributed by atoms with E-state index in [1.54, 1.807) is 42.5 Å². The molecule has 1 saturated carbocycles. The molecule has 0 aromatic heterocycles. The van der Waals surface area contributed by atoms with Gasteiger partial charge in [0.15, 0.2) is 0 Å². The Morgan fingerprint density at radius 2 is 1.52 bits per heavy atom. The molecule has 7 heteroatoms. The van der Waals surface area contributed by atoms with Crippen LogP contribution in [0.3, 0.4) is 0 Å². The largest absolute Gasteiger partial charge is 0.279 e. The molecule has 2 unspecified atom stereocenters. The van der Waals surface area contributed by atoms with Crippen molar-refractivity contribution in [2.45, 2.75) is 30.2 Å². The van der Waals surface area contributed by atoms with Crippen molar-refractivity contribution in [3.63, 3.8) is 0 Å². The molecular formula is C26H22Cl2N2O2S. The second kappa shape index (κ2) is 8.98. The fraction of sp³-hybridized carbons (Fsp3) is 0.192. The minimum absolute atomic E-state index is 0.0306. The van der Waals surface area contributed by atoms with Crippen LogP contribution in [0, 0.1) is 5.92 Å². The highest BCUT2D eigenvalue weighted by molar-refractivity contribution is 7.89. The third-order valence-corrected chi connectivity index (χ3v) is 8.35. The Morgan fingerprint density at radius 1 is 0.879 bits per heavy atom. The molecule has 4 nitrogen and oxygen atoms in total. The molecule has 0 spiro atoms. The predicted molar refractivity (Wildman–Crippen MR) is 134 cm³/mol. The molecule has 1 aliphatic carbocycles. The maximum Gasteiger partial charge on any atom is 0.279 e. The summed E-state index contributed by atoms with van der Waals surface area (Å²) in [5.41, 5.74) is 3.81. The molecule has 1 heterocycles. The van der Waals surface area contributed by atoms with Gasteiger partial charge in [-0.2, -0.15) is 17.9 Å². The molecule has 0 amide bonds. The van der Waals surface area contributed by atoms with Crippen molar-refractivity contribution in [2.24, 2.45) is 11.0 Å². The van der Waals surface area contributed by atoms with Crippen LogP contribution in [0.15, 0.2) is 94.4 Å². The number of hydrogen-bond acceptors (Lipinski definition) is 3. The number of nitrogens with zero attached hydrogens (tertiary/aromatic N) is 2. The molecule has 1 fully saturated rings. The van der Waals surface area contributed by atoms with Crippen molar-refractivity contribution in [1.82, 2.24) is 4.41 Å². The van der Waals surface area contributed by atoms with Gasteiger partial charge in [0.2, 0.25) is 0 Å². The van der Waals surface area contributed by atoms with E-state index in [4.69, 9.17) is 28.3 Å². The van der Waals surface area contributed by atoms with E-state index in [-0.39, 0.29) is 10.8 Å². The number of hydrogen-bond donors (Lipinski definition) is 0. The molecule has 2 atom stereocenters. The van der Waals surface area contributed by atoms with Gasteiger partial charge in [0, 0.05) is 16.0 Å². The first-order valence-electron chi connectivity index (χ1n) is 10.8. The Balaban J connectivity index is 1.62. The topological polar surface area (TPSA) is 49.7 Å². The van der Waals surface area contributed by atoms with E-state index in [2.05, 4.69) is 6.08 Å². The maximum atomic E-state index is 13.7. The number of allylic oxidation sites excluding steroid dienone is 1. The maximum absolute atomic E-state index is 13.7. The Kier molecular flexibility index (Phi) is 6.04. The summed E-state index contributed by atoms with van der Waals surface area (Å²) < 4.78 is 28.7. The van der Waals surface area contributed by atoms with Gasteiger partial charge in [0.25, 0.3) is 10.0 Å². The van der Waals surface area contributed by atoms with Gasteiger partial charge in [-0.25, -0.2) is 0 Å². The van der Waals surface area contributed by atoms with Crippen molar-refractivity contribution in [1.29, 1.82) is 0 Å². The van der Waals surface area contributed by atoms with E-state index in [9.17, 15) is 8.42 Å². The molecule has 1 aliphatic heterocycles. The number of hydrazone groups is 1. The van der Waals surface area contributed by atoms with E-state index in [1.807, 2.05) is 36.4 Å². The van der Waals surface area contributed by atoms with Crippen LogP contribution < -0.4 is 0 Å². The van der Waals surface area contributed by atoms with Crippen LogP contribution in [0.5, 0.6) is 0 Å². The number of fused-ring (bicyclic) bond motifs is 1. The van der Waals surface area contributed by atoms with Crippen molar-refractivity contribution in [3.05, 3.63) is 106 Å². The fourth-order valence-corrected chi connectivity index (χ4v) is 6.35. The van der Waals surface area contributed by atoms with Gasteiger partial charge in [-0.05, 0) is 78.4 Å². The summed E-state index contributed by atoms with van der Waals surface area (Å²) in [7, 11) is -3.84. The minimum atomic E-state index is -3.84. The molecule has 0 saturated heterocycles. The van der Waals surface area contributed by atoms with E-state index in [0.717, 1.165) is 41.7 Å². The van der Waals surface area contributed by atoms with Gasteiger partial charge >= 0.3 is 0 Å². The predicted octanol–water partition coefficient (Wildman–Crippen LogP) is 6.98. The van der Waals surface area contributed by atoms with E-state index >= 15 is 0 Å². The normalized spacial score (nSPS) is 21.7. The minimum Gasteiger partial charge on any atom is -0.200 e. The van der Waals surface area contributed by atoms with Crippen molar-refractivity contribution < 1.29 is 8.42 Å². The molecule has 3 aromatic carbocycles. The summed E-state index contributed by atoms with van der Waals surface area (Å²) in [5, 5.41) is 6.06. The first-order chi connectivity index (χ1) is 15.9. The van der Waals surface area contributed by atoms with E-state index in [0.29, 0.717) is 10.0 Å². The zero-order valence-corrected chi connectivity index (χ0v) is 20.1. The molecule has 3 aromatic rings. The Morgan fingerprint density at radius 3 is 2.18 bits per heavy atom. The number of sulfonamides is 1. The monoisotopic (exact) mass is 496 g/mol. The average Bonchev–Trinajstić information content (AvgIpc) is 3.23. The summed E-state index contributed by atoms with van der Waals surface area (Å²) in [4.78, 5) is 0.232. The van der Waals surface area contributed by atoms with Crippen LogP contribution in [-0.2, 0) is 10.0 Å². The van der Waals surface area contributed by atoms with Gasteiger partial charge < -0.3 is 0 Å². The molecular weight excluding hydrogens is 475 g/mol. The zero-order chi connectivity index (χ0) is 23.0. The number of rotatable bonds is 4. The molecule has 5 rings (SSSR count). The molecule has 0 bridgehead atoms. The highest BCUT2D eigenvalue weighted by Crippen LogP contribution is 2.46. The van der Waals surface area contributed by atoms with Gasteiger partial charge in [0.1, 0.15) is 0 Å². The van der Waals surface area contributed by atoms with Gasteiger partial charge in [-0.1, -0.05) is 65.7 Å². The summed E-state index contributed by atoms with van der Waals surface area (Å²) in [6.45, 7) is 0. The highest BCUT2D eigenvalue weighted by atomic mass is 35.5. The first kappa shape index (κ1) is 22.2. The van der Waals surface area contributed by atoms with Crippen molar-refractivity contribution in [3.8, 4) is 0 Å². The quantitative estimate of drug-likeness (QED) is 0.391. The number of halogens is 2. The lowest BCUT2D eigenvalue weighted by Gasteiger charge is -2.30. The van der Waals surface area contributed by atoms with Gasteiger partial charge in [-0.15, -0.1) is 0 Å². The van der Waals surface area contributed by atoms with Crippen LogP contribution in [0.2, 0.25) is 10.0 Å². The SMILES string of the molecule is O=S(=O)(c1ccccc1)N1N=C2/C(=C\c3ccc(Cl)cc3)CCCC2C1c1ccc(Cl)cc1. The summed E-state index contributed by atoms with van der Waals surface area (Å²) in [6.07, 6.45) is 4.78. The second-order valence-electron chi connectivity index (χ2n) is 8.29.